The second kappa shape index (κ2) is 9.52. The van der Waals surface area contributed by atoms with Crippen LogP contribution in [0.25, 0.3) is 0 Å². The van der Waals surface area contributed by atoms with Crippen LogP contribution >= 0.6 is 0 Å². The Morgan fingerprint density at radius 1 is 1.10 bits per heavy atom. The van der Waals surface area contributed by atoms with Gasteiger partial charge in [0.2, 0.25) is 15.9 Å². The third-order valence-electron chi connectivity index (χ3n) is 5.01. The van der Waals surface area contributed by atoms with Crippen LogP contribution in [-0.4, -0.2) is 44.3 Å². The molecule has 10 heteroatoms. The van der Waals surface area contributed by atoms with Crippen LogP contribution in [0.4, 0.5) is 14.5 Å². The van der Waals surface area contributed by atoms with E-state index in [2.05, 4.69) is 5.32 Å². The van der Waals surface area contributed by atoms with Crippen LogP contribution in [0, 0.1) is 17.6 Å². The number of sulfonamides is 1. The van der Waals surface area contributed by atoms with E-state index >= 15 is 0 Å². The van der Waals surface area contributed by atoms with Gasteiger partial charge in [0.05, 0.1) is 22.8 Å². The number of rotatable bonds is 6. The molecular formula is C21H22F2N2O5S. The van der Waals surface area contributed by atoms with Gasteiger partial charge in [-0.15, -0.1) is 0 Å². The summed E-state index contributed by atoms with van der Waals surface area (Å²) in [7, 11) is -3.80. The molecule has 2 aromatic rings. The third kappa shape index (κ3) is 5.26. The van der Waals surface area contributed by atoms with Crippen molar-refractivity contribution in [1.82, 2.24) is 4.31 Å². The lowest BCUT2D eigenvalue weighted by atomic mass is 9.97. The molecule has 0 bridgehead atoms. The zero-order valence-electron chi connectivity index (χ0n) is 16.8. The summed E-state index contributed by atoms with van der Waals surface area (Å²) >= 11 is 0. The number of hydrogen-bond acceptors (Lipinski definition) is 5. The lowest BCUT2D eigenvalue weighted by Crippen LogP contribution is -2.41. The molecule has 0 spiro atoms. The Bertz CT molecular complexity index is 1070. The lowest BCUT2D eigenvalue weighted by Gasteiger charge is -2.30. The monoisotopic (exact) mass is 452 g/mol. The van der Waals surface area contributed by atoms with Gasteiger partial charge in [0.25, 0.3) is 0 Å². The zero-order chi connectivity index (χ0) is 22.6. The molecule has 1 heterocycles. The van der Waals surface area contributed by atoms with Gasteiger partial charge in [-0.1, -0.05) is 0 Å². The molecule has 0 radical (unpaired) electrons. The number of nitrogens with one attached hydrogen (secondary N) is 1. The summed E-state index contributed by atoms with van der Waals surface area (Å²) < 4.78 is 58.9. The average Bonchev–Trinajstić information content (AvgIpc) is 2.76. The third-order valence-corrected chi connectivity index (χ3v) is 6.93. The van der Waals surface area contributed by atoms with E-state index in [-0.39, 0.29) is 48.7 Å². The van der Waals surface area contributed by atoms with Gasteiger partial charge in [-0.3, -0.25) is 4.79 Å². The Morgan fingerprint density at radius 2 is 1.74 bits per heavy atom. The van der Waals surface area contributed by atoms with Crippen LogP contribution in [0.3, 0.4) is 0 Å². The predicted octanol–water partition coefficient (Wildman–Crippen LogP) is 3.18. The summed E-state index contributed by atoms with van der Waals surface area (Å²) in [5.74, 6) is -2.97. The first-order valence-corrected chi connectivity index (χ1v) is 11.2. The first kappa shape index (κ1) is 22.8. The number of anilines is 1. The molecule has 0 saturated carbocycles. The minimum atomic E-state index is -3.80. The molecular weight excluding hydrogens is 430 g/mol. The molecule has 1 aliphatic rings. The Hall–Kier alpha value is -2.85. The van der Waals surface area contributed by atoms with Gasteiger partial charge in [-0.25, -0.2) is 22.0 Å². The van der Waals surface area contributed by atoms with Gasteiger partial charge in [-0.2, -0.15) is 4.31 Å². The second-order valence-electron chi connectivity index (χ2n) is 7.04. The molecule has 2 aromatic carbocycles. The Kier molecular flexibility index (Phi) is 7.01. The van der Waals surface area contributed by atoms with Crippen molar-refractivity contribution in [2.75, 3.05) is 25.0 Å². The Labute approximate surface area is 179 Å². The van der Waals surface area contributed by atoms with Gasteiger partial charge in [0, 0.05) is 25.1 Å². The minimum absolute atomic E-state index is 0.0327. The number of amides is 1. The topological polar surface area (TPSA) is 92.8 Å². The summed E-state index contributed by atoms with van der Waals surface area (Å²) in [6.07, 6.45) is 0.478. The van der Waals surface area contributed by atoms with E-state index in [9.17, 15) is 26.8 Å². The lowest BCUT2D eigenvalue weighted by molar-refractivity contribution is -0.120. The maximum Gasteiger partial charge on any atom is 0.338 e. The molecule has 7 nitrogen and oxygen atoms in total. The van der Waals surface area contributed by atoms with Crippen LogP contribution < -0.4 is 5.32 Å². The average molecular weight is 452 g/mol. The van der Waals surface area contributed by atoms with Gasteiger partial charge < -0.3 is 10.1 Å². The number of esters is 1. The zero-order valence-corrected chi connectivity index (χ0v) is 17.6. The first-order chi connectivity index (χ1) is 14.7. The van der Waals surface area contributed by atoms with Crippen molar-refractivity contribution >= 4 is 27.6 Å². The van der Waals surface area contributed by atoms with E-state index in [1.165, 1.54) is 28.6 Å². The standard InChI is InChI=1S/C21H22F2N2O5S/c1-2-30-21(27)15-3-6-17(7-4-15)31(28,29)25-11-9-14(10-12-25)20(26)24-19-13-16(22)5-8-18(19)23/h3-8,13-14H,2,9-12H2,1H3,(H,24,26). The summed E-state index contributed by atoms with van der Waals surface area (Å²) in [4.78, 5) is 24.1. The number of nitrogens with zero attached hydrogens (tertiary/aromatic N) is 1. The summed E-state index contributed by atoms with van der Waals surface area (Å²) in [5, 5.41) is 2.37. The molecule has 3 rings (SSSR count). The molecule has 1 saturated heterocycles. The molecule has 0 atom stereocenters. The highest BCUT2D eigenvalue weighted by molar-refractivity contribution is 7.89. The fraction of sp³-hybridized carbons (Fsp3) is 0.333. The Morgan fingerprint density at radius 3 is 2.35 bits per heavy atom. The number of ether oxygens (including phenoxy) is 1. The predicted molar refractivity (Wildman–Crippen MR) is 109 cm³/mol. The number of benzene rings is 2. The normalized spacial score (nSPS) is 15.5. The fourth-order valence-corrected chi connectivity index (χ4v) is 4.78. The van der Waals surface area contributed by atoms with Crippen molar-refractivity contribution in [3.63, 3.8) is 0 Å². The molecule has 0 unspecified atom stereocenters. The van der Waals surface area contributed by atoms with E-state index in [0.29, 0.717) is 0 Å². The maximum absolute atomic E-state index is 13.7. The number of carbonyl (C=O) groups is 2. The molecule has 31 heavy (non-hydrogen) atoms. The molecule has 1 N–H and O–H groups in total. The molecule has 1 fully saturated rings. The van der Waals surface area contributed by atoms with Crippen LogP contribution in [0.2, 0.25) is 0 Å². The van der Waals surface area contributed by atoms with Crippen molar-refractivity contribution in [1.29, 1.82) is 0 Å². The molecule has 0 aliphatic carbocycles. The van der Waals surface area contributed by atoms with Gasteiger partial charge >= 0.3 is 5.97 Å². The van der Waals surface area contributed by atoms with E-state index in [0.717, 1.165) is 18.2 Å². The van der Waals surface area contributed by atoms with Crippen LogP contribution in [0.1, 0.15) is 30.1 Å². The number of hydrogen-bond donors (Lipinski definition) is 1. The minimum Gasteiger partial charge on any atom is -0.462 e. The summed E-state index contributed by atoms with van der Waals surface area (Å²) in [6, 6.07) is 8.23. The van der Waals surface area contributed by atoms with Crippen LogP contribution in [-0.2, 0) is 19.6 Å². The fourth-order valence-electron chi connectivity index (χ4n) is 3.31. The molecule has 1 aliphatic heterocycles. The SMILES string of the molecule is CCOC(=O)c1ccc(S(=O)(=O)N2CCC(C(=O)Nc3cc(F)ccc3F)CC2)cc1. The van der Waals surface area contributed by atoms with E-state index in [1.807, 2.05) is 0 Å². The van der Waals surface area contributed by atoms with Gasteiger partial charge in [0.1, 0.15) is 11.6 Å². The van der Waals surface area contributed by atoms with Gasteiger partial charge in [0.15, 0.2) is 0 Å². The number of piperidine rings is 1. The highest BCUT2D eigenvalue weighted by Gasteiger charge is 2.32. The Balaban J connectivity index is 1.62. The van der Waals surface area contributed by atoms with Crippen LogP contribution in [0.15, 0.2) is 47.4 Å². The molecule has 166 valence electrons. The van der Waals surface area contributed by atoms with Gasteiger partial charge in [-0.05, 0) is 56.2 Å². The quantitative estimate of drug-likeness (QED) is 0.680. The van der Waals surface area contributed by atoms with Crippen molar-refractivity contribution in [3.05, 3.63) is 59.7 Å². The van der Waals surface area contributed by atoms with Crippen molar-refractivity contribution < 1.29 is 31.5 Å². The van der Waals surface area contributed by atoms with Crippen LogP contribution in [0.5, 0.6) is 0 Å². The van der Waals surface area contributed by atoms with Crippen molar-refractivity contribution in [2.24, 2.45) is 5.92 Å². The van der Waals surface area contributed by atoms with Crippen molar-refractivity contribution in [2.45, 2.75) is 24.7 Å². The summed E-state index contributed by atoms with van der Waals surface area (Å²) in [6.45, 7) is 2.10. The van der Waals surface area contributed by atoms with E-state index in [1.54, 1.807) is 6.92 Å². The molecule has 0 aromatic heterocycles. The summed E-state index contributed by atoms with van der Waals surface area (Å²) in [5.41, 5.74) is 0.00232. The second-order valence-corrected chi connectivity index (χ2v) is 8.97. The smallest absolute Gasteiger partial charge is 0.338 e. The highest BCUT2D eigenvalue weighted by atomic mass is 32.2. The van der Waals surface area contributed by atoms with E-state index < -0.39 is 39.5 Å². The van der Waals surface area contributed by atoms with Crippen molar-refractivity contribution in [3.8, 4) is 0 Å². The van der Waals surface area contributed by atoms with E-state index in [4.69, 9.17) is 4.74 Å². The first-order valence-electron chi connectivity index (χ1n) is 9.75. The number of halogens is 2. The maximum atomic E-state index is 13.7. The highest BCUT2D eigenvalue weighted by Crippen LogP contribution is 2.26. The number of carbonyl (C=O) groups excluding carboxylic acids is 2. The molecule has 1 amide bonds. The largest absolute Gasteiger partial charge is 0.462 e.